The van der Waals surface area contributed by atoms with E-state index in [-0.39, 0.29) is 16.9 Å². The predicted octanol–water partition coefficient (Wildman–Crippen LogP) is 3.58. The van der Waals surface area contributed by atoms with E-state index in [0.29, 0.717) is 12.3 Å². The summed E-state index contributed by atoms with van der Waals surface area (Å²) in [7, 11) is -1.16. The van der Waals surface area contributed by atoms with Gasteiger partial charge in [-0.05, 0) is 45.1 Å². The van der Waals surface area contributed by atoms with Crippen molar-refractivity contribution in [3.05, 3.63) is 35.9 Å². The highest BCUT2D eigenvalue weighted by molar-refractivity contribution is 7.84. The second-order valence-electron chi connectivity index (χ2n) is 6.98. The molecular weight excluding hydrogens is 282 g/mol. The molecule has 0 saturated heterocycles. The second-order valence-corrected chi connectivity index (χ2v) is 8.98. The maximum absolute atomic E-state index is 12.4. The molecule has 0 aliphatic heterocycles. The fraction of sp³-hybridized carbons (Fsp3) is 0.647. The van der Waals surface area contributed by atoms with Crippen LogP contribution in [0.2, 0.25) is 0 Å². The number of benzene rings is 1. The predicted molar refractivity (Wildman–Crippen MR) is 90.3 cm³/mol. The molecule has 1 aromatic rings. The third-order valence-electron chi connectivity index (χ3n) is 3.26. The summed E-state index contributed by atoms with van der Waals surface area (Å²) in [4.78, 5) is 0. The first-order valence-electron chi connectivity index (χ1n) is 7.61. The van der Waals surface area contributed by atoms with Crippen molar-refractivity contribution >= 4 is 11.0 Å². The molecule has 0 fully saturated rings. The third kappa shape index (κ3) is 6.72. The molecule has 0 spiro atoms. The highest BCUT2D eigenvalue weighted by atomic mass is 32.2. The molecule has 4 heteroatoms. The summed E-state index contributed by atoms with van der Waals surface area (Å²) in [6.07, 6.45) is 0.941. The summed E-state index contributed by atoms with van der Waals surface area (Å²) < 4.78 is 15.2. The average molecular weight is 311 g/mol. The molecule has 2 N–H and O–H groups in total. The molecule has 120 valence electrons. The fourth-order valence-electron chi connectivity index (χ4n) is 2.16. The van der Waals surface area contributed by atoms with Gasteiger partial charge >= 0.3 is 0 Å². The summed E-state index contributed by atoms with van der Waals surface area (Å²) in [6.45, 7) is 10.0. The lowest BCUT2D eigenvalue weighted by molar-refractivity contribution is 0.129. The van der Waals surface area contributed by atoms with Crippen LogP contribution in [-0.2, 0) is 11.0 Å². The van der Waals surface area contributed by atoms with Crippen LogP contribution in [0.25, 0.3) is 0 Å². The van der Waals surface area contributed by atoms with Gasteiger partial charge < -0.3 is 5.11 Å². The lowest BCUT2D eigenvalue weighted by Crippen LogP contribution is -2.37. The second kappa shape index (κ2) is 8.06. The maximum atomic E-state index is 12.4. The summed E-state index contributed by atoms with van der Waals surface area (Å²) in [5.41, 5.74) is 1.07. The smallest absolute Gasteiger partial charge is 0.0975 e. The SMILES string of the molecule is CC(C)C[C@@H](O)C[C@H](NS(=O)C(C)(C)C)c1ccccc1. The van der Waals surface area contributed by atoms with Crippen molar-refractivity contribution in [2.75, 3.05) is 0 Å². The minimum atomic E-state index is -1.16. The van der Waals surface area contributed by atoms with E-state index in [1.807, 2.05) is 51.1 Å². The number of hydrogen-bond donors (Lipinski definition) is 2. The van der Waals surface area contributed by atoms with Crippen LogP contribution in [0.3, 0.4) is 0 Å². The Labute approximate surface area is 131 Å². The zero-order valence-corrected chi connectivity index (χ0v) is 14.6. The molecule has 1 unspecified atom stereocenters. The van der Waals surface area contributed by atoms with E-state index in [4.69, 9.17) is 0 Å². The Bertz CT molecular complexity index is 440. The van der Waals surface area contributed by atoms with E-state index in [1.54, 1.807) is 0 Å². The number of hydrogen-bond acceptors (Lipinski definition) is 2. The van der Waals surface area contributed by atoms with Crippen LogP contribution in [0.1, 0.15) is 59.1 Å². The van der Waals surface area contributed by atoms with Gasteiger partial charge in [0.2, 0.25) is 0 Å². The molecule has 1 rings (SSSR count). The molecule has 0 amide bonds. The van der Waals surface area contributed by atoms with Crippen LogP contribution in [0.15, 0.2) is 30.3 Å². The van der Waals surface area contributed by atoms with Gasteiger partial charge in [0.25, 0.3) is 0 Å². The Morgan fingerprint density at radius 1 is 1.14 bits per heavy atom. The van der Waals surface area contributed by atoms with Gasteiger partial charge in [-0.2, -0.15) is 0 Å². The molecule has 3 nitrogen and oxygen atoms in total. The number of nitrogens with one attached hydrogen (secondary N) is 1. The van der Waals surface area contributed by atoms with Gasteiger partial charge in [-0.15, -0.1) is 0 Å². The van der Waals surface area contributed by atoms with E-state index in [0.717, 1.165) is 12.0 Å². The lowest BCUT2D eigenvalue weighted by atomic mass is 9.96. The van der Waals surface area contributed by atoms with Gasteiger partial charge in [0, 0.05) is 6.04 Å². The molecule has 0 saturated carbocycles. The Balaban J connectivity index is 2.83. The quantitative estimate of drug-likeness (QED) is 0.808. The lowest BCUT2D eigenvalue weighted by Gasteiger charge is -2.26. The van der Waals surface area contributed by atoms with Gasteiger partial charge in [-0.3, -0.25) is 0 Å². The molecule has 0 radical (unpaired) electrons. The highest BCUT2D eigenvalue weighted by Gasteiger charge is 2.25. The van der Waals surface area contributed by atoms with Gasteiger partial charge in [0.05, 0.1) is 21.8 Å². The summed E-state index contributed by atoms with van der Waals surface area (Å²) in [6, 6.07) is 9.84. The normalized spacial score (nSPS) is 16.7. The van der Waals surface area contributed by atoms with Crippen LogP contribution < -0.4 is 4.72 Å². The minimum Gasteiger partial charge on any atom is -0.393 e. The largest absolute Gasteiger partial charge is 0.393 e. The van der Waals surface area contributed by atoms with Gasteiger partial charge in [-0.25, -0.2) is 8.93 Å². The third-order valence-corrected chi connectivity index (χ3v) is 4.87. The zero-order chi connectivity index (χ0) is 16.0. The van der Waals surface area contributed by atoms with Gasteiger partial charge in [-0.1, -0.05) is 44.2 Å². The summed E-state index contributed by atoms with van der Waals surface area (Å²) >= 11 is 0. The van der Waals surface area contributed by atoms with Crippen molar-refractivity contribution in [1.29, 1.82) is 0 Å². The Kier molecular flexibility index (Phi) is 7.04. The summed E-state index contributed by atoms with van der Waals surface area (Å²) in [5.74, 6) is 0.449. The molecule has 1 aromatic carbocycles. The van der Waals surface area contributed by atoms with Crippen LogP contribution in [0.4, 0.5) is 0 Å². The first-order valence-corrected chi connectivity index (χ1v) is 8.76. The first kappa shape index (κ1) is 18.3. The zero-order valence-electron chi connectivity index (χ0n) is 13.8. The van der Waals surface area contributed by atoms with Crippen LogP contribution in [0, 0.1) is 5.92 Å². The van der Waals surface area contributed by atoms with Crippen molar-refractivity contribution < 1.29 is 9.32 Å². The molecule has 0 aliphatic rings. The van der Waals surface area contributed by atoms with Crippen molar-refractivity contribution in [3.63, 3.8) is 0 Å². The van der Waals surface area contributed by atoms with Gasteiger partial charge in [0.1, 0.15) is 0 Å². The van der Waals surface area contributed by atoms with Gasteiger partial charge in [0.15, 0.2) is 0 Å². The van der Waals surface area contributed by atoms with Crippen molar-refractivity contribution in [1.82, 2.24) is 4.72 Å². The van der Waals surface area contributed by atoms with Crippen molar-refractivity contribution in [2.45, 2.75) is 64.4 Å². The molecule has 21 heavy (non-hydrogen) atoms. The van der Waals surface area contributed by atoms with E-state index in [2.05, 4.69) is 18.6 Å². The van der Waals surface area contributed by atoms with Crippen molar-refractivity contribution in [3.8, 4) is 0 Å². The van der Waals surface area contributed by atoms with Crippen molar-refractivity contribution in [2.24, 2.45) is 5.92 Å². The average Bonchev–Trinajstić information content (AvgIpc) is 2.36. The van der Waals surface area contributed by atoms with E-state index < -0.39 is 11.0 Å². The molecule has 0 bridgehead atoms. The fourth-order valence-corrected chi connectivity index (χ4v) is 3.00. The van der Waals surface area contributed by atoms with E-state index >= 15 is 0 Å². The highest BCUT2D eigenvalue weighted by Crippen LogP contribution is 2.23. The van der Waals surface area contributed by atoms with E-state index in [9.17, 15) is 9.32 Å². The monoisotopic (exact) mass is 311 g/mol. The minimum absolute atomic E-state index is 0.0972. The molecule has 0 aliphatic carbocycles. The number of aliphatic hydroxyl groups excluding tert-OH is 1. The summed E-state index contributed by atoms with van der Waals surface area (Å²) in [5, 5.41) is 10.2. The molecule has 0 heterocycles. The van der Waals surface area contributed by atoms with Crippen LogP contribution in [0.5, 0.6) is 0 Å². The topological polar surface area (TPSA) is 49.3 Å². The maximum Gasteiger partial charge on any atom is 0.0975 e. The van der Waals surface area contributed by atoms with Crippen LogP contribution in [-0.4, -0.2) is 20.2 Å². The Morgan fingerprint density at radius 2 is 1.71 bits per heavy atom. The molecular formula is C17H29NO2S. The van der Waals surface area contributed by atoms with E-state index in [1.165, 1.54) is 0 Å². The molecule has 0 aromatic heterocycles. The Morgan fingerprint density at radius 3 is 2.19 bits per heavy atom. The number of aliphatic hydroxyl groups is 1. The van der Waals surface area contributed by atoms with Crippen LogP contribution >= 0.6 is 0 Å². The standard InChI is InChI=1S/C17H29NO2S/c1-13(2)11-15(19)12-16(14-9-7-6-8-10-14)18-21(20)17(3,4)5/h6-10,13,15-16,18-19H,11-12H2,1-5H3/t15-,16+,21?/m1/s1. The number of rotatable bonds is 7. The Hall–Kier alpha value is -0.710. The first-order chi connectivity index (χ1) is 9.70. The molecule has 3 atom stereocenters.